The van der Waals surface area contributed by atoms with Gasteiger partial charge >= 0.3 is 0 Å². The van der Waals surface area contributed by atoms with Crippen LogP contribution in [0, 0.1) is 0 Å². The van der Waals surface area contributed by atoms with E-state index in [-0.39, 0.29) is 12.1 Å². The van der Waals surface area contributed by atoms with Crippen molar-refractivity contribution in [1.29, 1.82) is 0 Å². The summed E-state index contributed by atoms with van der Waals surface area (Å²) in [5, 5.41) is 12.5. The van der Waals surface area contributed by atoms with E-state index in [1.165, 1.54) is 10.5 Å². The van der Waals surface area contributed by atoms with Crippen molar-refractivity contribution in [2.45, 2.75) is 37.1 Å². The largest absolute Gasteiger partial charge is 0.394 e. The summed E-state index contributed by atoms with van der Waals surface area (Å²) in [4.78, 5) is 1.25. The molecule has 0 aliphatic heterocycles. The van der Waals surface area contributed by atoms with Crippen LogP contribution in [0.3, 0.4) is 0 Å². The van der Waals surface area contributed by atoms with Crippen LogP contribution >= 0.6 is 11.8 Å². The number of thioether (sulfide) groups is 1. The number of hydrogen-bond donors (Lipinski definition) is 2. The average molecular weight is 253 g/mol. The molecule has 17 heavy (non-hydrogen) atoms. The highest BCUT2D eigenvalue weighted by atomic mass is 32.2. The Labute approximate surface area is 109 Å². The fourth-order valence-corrected chi connectivity index (χ4v) is 2.44. The van der Waals surface area contributed by atoms with Gasteiger partial charge in [0.15, 0.2) is 0 Å². The van der Waals surface area contributed by atoms with E-state index < -0.39 is 0 Å². The van der Waals surface area contributed by atoms with Crippen molar-refractivity contribution >= 4 is 11.8 Å². The minimum absolute atomic E-state index is 0.153. The Kier molecular flexibility index (Phi) is 5.50. The summed E-state index contributed by atoms with van der Waals surface area (Å²) < 4.78 is 0. The van der Waals surface area contributed by atoms with Crippen LogP contribution in [0.4, 0.5) is 0 Å². The molecule has 1 aromatic carbocycles. The van der Waals surface area contributed by atoms with E-state index in [1.807, 2.05) is 14.0 Å². The zero-order valence-electron chi connectivity index (χ0n) is 11.2. The number of nitrogens with one attached hydrogen (secondary N) is 1. The lowest BCUT2D eigenvalue weighted by atomic mass is 10.0. The third-order valence-electron chi connectivity index (χ3n) is 3.06. The molecule has 0 aliphatic carbocycles. The van der Waals surface area contributed by atoms with Crippen molar-refractivity contribution in [2.24, 2.45) is 0 Å². The highest BCUT2D eigenvalue weighted by molar-refractivity contribution is 7.99. The second kappa shape index (κ2) is 6.43. The summed E-state index contributed by atoms with van der Waals surface area (Å²) in [5.41, 5.74) is 1.16. The maximum absolute atomic E-state index is 9.30. The van der Waals surface area contributed by atoms with Crippen molar-refractivity contribution in [2.75, 3.05) is 19.4 Å². The van der Waals surface area contributed by atoms with Gasteiger partial charge in [0.2, 0.25) is 0 Å². The third-order valence-corrected chi connectivity index (χ3v) is 4.44. The van der Waals surface area contributed by atoms with Gasteiger partial charge in [-0.05, 0) is 37.6 Å². The lowest BCUT2D eigenvalue weighted by Gasteiger charge is -2.26. The molecule has 0 amide bonds. The second-order valence-electron chi connectivity index (χ2n) is 4.98. The zero-order valence-corrected chi connectivity index (χ0v) is 12.0. The van der Waals surface area contributed by atoms with Crippen molar-refractivity contribution in [3.8, 4) is 0 Å². The van der Waals surface area contributed by atoms with Gasteiger partial charge in [-0.15, -0.1) is 11.8 Å². The molecule has 2 N–H and O–H groups in total. The average Bonchev–Trinajstić information content (AvgIpc) is 2.36. The normalized spacial score (nSPS) is 14.9. The lowest BCUT2D eigenvalue weighted by molar-refractivity contribution is 0.200. The first-order valence-corrected chi connectivity index (χ1v) is 7.02. The topological polar surface area (TPSA) is 32.3 Å². The molecule has 2 nitrogen and oxygen atoms in total. The van der Waals surface area contributed by atoms with Crippen molar-refractivity contribution in [3.05, 3.63) is 29.8 Å². The molecule has 3 heteroatoms. The number of aliphatic hydroxyl groups excluding tert-OH is 1. The quantitative estimate of drug-likeness (QED) is 0.765. The molecule has 0 saturated carbocycles. The molecule has 0 spiro atoms. The molecule has 1 atom stereocenters. The second-order valence-corrected chi connectivity index (χ2v) is 6.03. The number of aliphatic hydroxyl groups is 1. The van der Waals surface area contributed by atoms with Crippen LogP contribution in [0.25, 0.3) is 0 Å². The van der Waals surface area contributed by atoms with E-state index in [0.29, 0.717) is 5.92 Å². The number of hydrogen-bond acceptors (Lipinski definition) is 3. The van der Waals surface area contributed by atoms with E-state index in [9.17, 15) is 5.11 Å². The number of rotatable bonds is 6. The summed E-state index contributed by atoms with van der Waals surface area (Å²) in [6.45, 7) is 6.58. The maximum Gasteiger partial charge on any atom is 0.0618 e. The Morgan fingerprint density at radius 1 is 1.29 bits per heavy atom. The van der Waals surface area contributed by atoms with E-state index >= 15 is 0 Å². The monoisotopic (exact) mass is 253 g/mol. The summed E-state index contributed by atoms with van der Waals surface area (Å²) in [6.07, 6.45) is 0. The predicted octanol–water partition coefficient (Wildman–Crippen LogP) is 2.87. The van der Waals surface area contributed by atoms with Gasteiger partial charge in [-0.3, -0.25) is 0 Å². The summed E-state index contributed by atoms with van der Waals surface area (Å²) >= 11 is 1.77. The van der Waals surface area contributed by atoms with Gasteiger partial charge in [-0.2, -0.15) is 0 Å². The molecule has 0 bridgehead atoms. The highest BCUT2D eigenvalue weighted by Gasteiger charge is 2.20. The highest BCUT2D eigenvalue weighted by Crippen LogP contribution is 2.24. The van der Waals surface area contributed by atoms with Crippen LogP contribution in [-0.4, -0.2) is 30.1 Å². The molecule has 0 aromatic heterocycles. The minimum Gasteiger partial charge on any atom is -0.394 e. The Morgan fingerprint density at radius 3 is 2.29 bits per heavy atom. The zero-order chi connectivity index (χ0) is 12.9. The molecular formula is C14H23NOS. The predicted molar refractivity (Wildman–Crippen MR) is 75.8 cm³/mol. The fraction of sp³-hybridized carbons (Fsp3) is 0.571. The molecule has 0 radical (unpaired) electrons. The summed E-state index contributed by atoms with van der Waals surface area (Å²) in [7, 11) is 1.89. The van der Waals surface area contributed by atoms with Gasteiger partial charge in [-0.25, -0.2) is 0 Å². The van der Waals surface area contributed by atoms with Gasteiger partial charge in [0.05, 0.1) is 6.61 Å². The fourth-order valence-electron chi connectivity index (χ4n) is 1.39. The first-order valence-electron chi connectivity index (χ1n) is 6.03. The lowest BCUT2D eigenvalue weighted by Crippen LogP contribution is -2.45. The van der Waals surface area contributed by atoms with Gasteiger partial charge in [0.1, 0.15) is 0 Å². The number of benzene rings is 1. The van der Waals surface area contributed by atoms with Crippen LogP contribution < -0.4 is 5.32 Å². The first-order chi connectivity index (χ1) is 8.00. The maximum atomic E-state index is 9.30. The first kappa shape index (κ1) is 14.6. The molecule has 1 aromatic rings. The molecule has 0 fully saturated rings. The molecular weight excluding hydrogens is 230 g/mol. The SMILES string of the molecule is CNC(C)(CO)CSc1ccc(C(C)C)cc1. The van der Waals surface area contributed by atoms with Crippen LogP contribution in [0.2, 0.25) is 0 Å². The molecule has 1 unspecified atom stereocenters. The molecule has 0 aliphatic rings. The standard InChI is InChI=1S/C14H23NOS/c1-11(2)12-5-7-13(8-6-12)17-10-14(3,9-16)15-4/h5-8,11,15-16H,9-10H2,1-4H3. The van der Waals surface area contributed by atoms with Gasteiger partial charge < -0.3 is 10.4 Å². The summed E-state index contributed by atoms with van der Waals surface area (Å²) in [5.74, 6) is 1.44. The van der Waals surface area contributed by atoms with Crippen LogP contribution in [0.1, 0.15) is 32.3 Å². The van der Waals surface area contributed by atoms with Gasteiger partial charge in [0.25, 0.3) is 0 Å². The Balaban J connectivity index is 2.58. The van der Waals surface area contributed by atoms with E-state index in [2.05, 4.69) is 43.4 Å². The Morgan fingerprint density at radius 2 is 1.88 bits per heavy atom. The van der Waals surface area contributed by atoms with Crippen LogP contribution in [0.5, 0.6) is 0 Å². The molecule has 1 rings (SSSR count). The van der Waals surface area contributed by atoms with Crippen molar-refractivity contribution in [1.82, 2.24) is 5.32 Å². The number of likely N-dealkylation sites (N-methyl/N-ethyl adjacent to an activating group) is 1. The summed E-state index contributed by atoms with van der Waals surface area (Å²) in [6, 6.07) is 8.69. The smallest absolute Gasteiger partial charge is 0.0618 e. The Bertz CT molecular complexity index is 331. The van der Waals surface area contributed by atoms with E-state index in [4.69, 9.17) is 0 Å². The van der Waals surface area contributed by atoms with Gasteiger partial charge in [0, 0.05) is 16.2 Å². The van der Waals surface area contributed by atoms with Crippen LogP contribution in [0.15, 0.2) is 29.2 Å². The third kappa shape index (κ3) is 4.34. The van der Waals surface area contributed by atoms with Crippen LogP contribution in [-0.2, 0) is 0 Å². The van der Waals surface area contributed by atoms with Gasteiger partial charge in [-0.1, -0.05) is 26.0 Å². The Hall–Kier alpha value is -0.510. The molecule has 0 saturated heterocycles. The minimum atomic E-state index is -0.207. The molecule has 96 valence electrons. The van der Waals surface area contributed by atoms with E-state index in [0.717, 1.165) is 5.75 Å². The van der Waals surface area contributed by atoms with Crippen molar-refractivity contribution < 1.29 is 5.11 Å². The van der Waals surface area contributed by atoms with Crippen molar-refractivity contribution in [3.63, 3.8) is 0 Å². The molecule has 0 heterocycles. The van der Waals surface area contributed by atoms with E-state index in [1.54, 1.807) is 11.8 Å².